The Morgan fingerprint density at radius 3 is 3.12 bits per heavy atom. The number of hydrogen-bond acceptors (Lipinski definition) is 7. The molecule has 0 saturated heterocycles. The highest BCUT2D eigenvalue weighted by molar-refractivity contribution is 7.11. The predicted molar refractivity (Wildman–Crippen MR) is 91.5 cm³/mol. The number of thiazole rings is 1. The van der Waals surface area contributed by atoms with E-state index < -0.39 is 0 Å². The molecular formula is C16H18N6O2S. The molecule has 3 heterocycles. The zero-order chi connectivity index (χ0) is 17.2. The lowest BCUT2D eigenvalue weighted by atomic mass is 10.0. The Kier molecular flexibility index (Phi) is 4.31. The molecule has 0 unspecified atom stereocenters. The molecule has 0 N–H and O–H groups in total. The number of carbonyl (C=O) groups excluding carboxylic acids is 1. The number of rotatable bonds is 5. The minimum absolute atomic E-state index is 0.0672. The van der Waals surface area contributed by atoms with Crippen molar-refractivity contribution in [2.24, 2.45) is 0 Å². The van der Waals surface area contributed by atoms with Gasteiger partial charge >= 0.3 is 0 Å². The van der Waals surface area contributed by atoms with Crippen molar-refractivity contribution in [3.8, 4) is 5.88 Å². The maximum absolute atomic E-state index is 12.3. The molecule has 3 aromatic heterocycles. The van der Waals surface area contributed by atoms with E-state index in [9.17, 15) is 4.79 Å². The van der Waals surface area contributed by atoms with Crippen LogP contribution in [0, 0.1) is 0 Å². The maximum atomic E-state index is 12.3. The number of likely N-dealkylation sites (N-methyl/N-ethyl adjacent to an activating group) is 1. The molecule has 25 heavy (non-hydrogen) atoms. The van der Waals surface area contributed by atoms with Gasteiger partial charge in [-0.05, 0) is 31.7 Å². The van der Waals surface area contributed by atoms with Gasteiger partial charge in [0.15, 0.2) is 12.3 Å². The molecule has 0 fully saturated rings. The van der Waals surface area contributed by atoms with Crippen LogP contribution in [0.15, 0.2) is 18.5 Å². The first-order valence-corrected chi connectivity index (χ1v) is 9.02. The monoisotopic (exact) mass is 358 g/mol. The van der Waals surface area contributed by atoms with Crippen LogP contribution in [0.1, 0.15) is 28.4 Å². The minimum Gasteiger partial charge on any atom is -0.467 e. The highest BCUT2D eigenvalue weighted by atomic mass is 32.1. The third kappa shape index (κ3) is 3.46. The first-order chi connectivity index (χ1) is 12.2. The van der Waals surface area contributed by atoms with E-state index >= 15 is 0 Å². The van der Waals surface area contributed by atoms with Crippen molar-refractivity contribution in [2.75, 3.05) is 13.7 Å². The quantitative estimate of drug-likeness (QED) is 0.687. The number of nitrogens with zero attached hydrogens (tertiary/aromatic N) is 6. The molecule has 1 amide bonds. The molecule has 0 atom stereocenters. The van der Waals surface area contributed by atoms with Crippen molar-refractivity contribution in [2.45, 2.75) is 32.2 Å². The van der Waals surface area contributed by atoms with Gasteiger partial charge in [-0.3, -0.25) is 4.79 Å². The van der Waals surface area contributed by atoms with Gasteiger partial charge in [-0.15, -0.1) is 26.6 Å². The first-order valence-electron chi connectivity index (χ1n) is 8.20. The van der Waals surface area contributed by atoms with Gasteiger partial charge in [-0.2, -0.15) is 4.52 Å². The summed E-state index contributed by atoms with van der Waals surface area (Å²) in [6.07, 6.45) is 6.11. The molecule has 1 aliphatic carbocycles. The van der Waals surface area contributed by atoms with Crippen LogP contribution in [-0.2, 0) is 24.2 Å². The molecule has 0 aromatic carbocycles. The zero-order valence-electron chi connectivity index (χ0n) is 13.9. The molecule has 0 spiro atoms. The Balaban J connectivity index is 1.34. The van der Waals surface area contributed by atoms with Crippen LogP contribution < -0.4 is 4.74 Å². The number of ether oxygens (including phenoxy) is 1. The van der Waals surface area contributed by atoms with E-state index in [1.807, 2.05) is 0 Å². The molecular weight excluding hydrogens is 340 g/mol. The smallest absolute Gasteiger partial charge is 0.260 e. The molecule has 0 bridgehead atoms. The molecule has 4 rings (SSSR count). The second-order valence-corrected chi connectivity index (χ2v) is 7.20. The summed E-state index contributed by atoms with van der Waals surface area (Å²) < 4.78 is 6.99. The molecule has 1 aliphatic rings. The van der Waals surface area contributed by atoms with E-state index in [1.165, 1.54) is 34.3 Å². The Hall–Kier alpha value is -2.55. The number of fused-ring (bicyclic) bond motifs is 2. The lowest BCUT2D eigenvalue weighted by Gasteiger charge is -2.15. The number of carbonyl (C=O) groups is 1. The van der Waals surface area contributed by atoms with Crippen LogP contribution in [0.3, 0.4) is 0 Å². The van der Waals surface area contributed by atoms with Crippen LogP contribution in [0.4, 0.5) is 0 Å². The van der Waals surface area contributed by atoms with Crippen molar-refractivity contribution in [3.63, 3.8) is 0 Å². The van der Waals surface area contributed by atoms with E-state index in [1.54, 1.807) is 35.4 Å². The number of aryl methyl sites for hydroxylation is 2. The van der Waals surface area contributed by atoms with Crippen molar-refractivity contribution in [3.05, 3.63) is 34.0 Å². The highest BCUT2D eigenvalue weighted by Crippen LogP contribution is 2.27. The van der Waals surface area contributed by atoms with E-state index in [4.69, 9.17) is 4.74 Å². The van der Waals surface area contributed by atoms with E-state index in [0.717, 1.165) is 17.8 Å². The summed E-state index contributed by atoms with van der Waals surface area (Å²) in [5.74, 6) is 0.248. The highest BCUT2D eigenvalue weighted by Gasteiger charge is 2.18. The average molecular weight is 358 g/mol. The van der Waals surface area contributed by atoms with Crippen LogP contribution >= 0.6 is 11.3 Å². The summed E-state index contributed by atoms with van der Waals surface area (Å²) in [6.45, 7) is 0.444. The standard InChI is InChI=1S/C16H18N6O2S/c1-21(8-15-18-11-4-2-3-5-12(11)25-15)16(23)9-24-14-7-6-13-19-17-10-22(13)20-14/h6-7,10H,2-5,8-9H2,1H3. The Bertz CT molecular complexity index is 882. The first kappa shape index (κ1) is 15.9. The molecule has 3 aromatic rings. The Labute approximate surface area is 148 Å². The van der Waals surface area contributed by atoms with Gasteiger partial charge < -0.3 is 9.64 Å². The number of hydrogen-bond donors (Lipinski definition) is 0. The van der Waals surface area contributed by atoms with Gasteiger partial charge in [0.25, 0.3) is 5.91 Å². The van der Waals surface area contributed by atoms with Gasteiger partial charge in [0.05, 0.1) is 12.2 Å². The summed E-state index contributed by atoms with van der Waals surface area (Å²) in [4.78, 5) is 20.0. The average Bonchev–Trinajstić information content (AvgIpc) is 3.24. The minimum atomic E-state index is -0.112. The van der Waals surface area contributed by atoms with Gasteiger partial charge in [0, 0.05) is 18.0 Å². The fourth-order valence-corrected chi connectivity index (χ4v) is 4.01. The fraction of sp³-hybridized carbons (Fsp3) is 0.438. The molecule has 0 saturated carbocycles. The van der Waals surface area contributed by atoms with Crippen LogP contribution in [0.5, 0.6) is 5.88 Å². The predicted octanol–water partition coefficient (Wildman–Crippen LogP) is 1.50. The number of aromatic nitrogens is 5. The van der Waals surface area contributed by atoms with E-state index in [2.05, 4.69) is 20.3 Å². The van der Waals surface area contributed by atoms with Crippen molar-refractivity contribution in [1.29, 1.82) is 0 Å². The summed E-state index contributed by atoms with van der Waals surface area (Å²) >= 11 is 1.72. The van der Waals surface area contributed by atoms with Crippen molar-refractivity contribution in [1.82, 2.24) is 29.7 Å². The van der Waals surface area contributed by atoms with Gasteiger partial charge in [0.2, 0.25) is 5.88 Å². The van der Waals surface area contributed by atoms with Crippen LogP contribution in [0.25, 0.3) is 5.65 Å². The topological polar surface area (TPSA) is 85.5 Å². The van der Waals surface area contributed by atoms with Gasteiger partial charge in [0.1, 0.15) is 11.3 Å². The molecule has 9 heteroatoms. The summed E-state index contributed by atoms with van der Waals surface area (Å²) in [5.41, 5.74) is 1.85. The lowest BCUT2D eigenvalue weighted by Crippen LogP contribution is -2.31. The fourth-order valence-electron chi connectivity index (χ4n) is 2.80. The van der Waals surface area contributed by atoms with Gasteiger partial charge in [-0.1, -0.05) is 0 Å². The second-order valence-electron chi connectivity index (χ2n) is 6.03. The van der Waals surface area contributed by atoms with E-state index in [-0.39, 0.29) is 12.5 Å². The summed E-state index contributed by atoms with van der Waals surface area (Å²) in [7, 11) is 1.77. The zero-order valence-corrected chi connectivity index (χ0v) is 14.7. The molecule has 130 valence electrons. The van der Waals surface area contributed by atoms with E-state index in [0.29, 0.717) is 18.1 Å². The molecule has 0 radical (unpaired) electrons. The normalized spacial score (nSPS) is 13.6. The molecule has 0 aliphatic heterocycles. The molecule has 8 nitrogen and oxygen atoms in total. The third-order valence-corrected chi connectivity index (χ3v) is 5.31. The second kappa shape index (κ2) is 6.75. The summed E-state index contributed by atoms with van der Waals surface area (Å²) in [5, 5.41) is 12.8. The number of amides is 1. The third-order valence-electron chi connectivity index (χ3n) is 4.17. The Morgan fingerprint density at radius 1 is 1.36 bits per heavy atom. The Morgan fingerprint density at radius 2 is 2.24 bits per heavy atom. The van der Waals surface area contributed by atoms with Crippen molar-refractivity contribution >= 4 is 22.9 Å². The van der Waals surface area contributed by atoms with Gasteiger partial charge in [-0.25, -0.2) is 4.98 Å². The maximum Gasteiger partial charge on any atom is 0.260 e. The SMILES string of the molecule is CN(Cc1nc2c(s1)CCCC2)C(=O)COc1ccc2nncn2n1. The lowest BCUT2D eigenvalue weighted by molar-refractivity contribution is -0.132. The van der Waals surface area contributed by atoms with Crippen molar-refractivity contribution < 1.29 is 9.53 Å². The van der Waals surface area contributed by atoms with Crippen LogP contribution in [0.2, 0.25) is 0 Å². The largest absolute Gasteiger partial charge is 0.467 e. The summed E-state index contributed by atoms with van der Waals surface area (Å²) in [6, 6.07) is 3.41. The van der Waals surface area contributed by atoms with Crippen LogP contribution in [-0.4, -0.2) is 49.3 Å².